The van der Waals surface area contributed by atoms with Crippen LogP contribution in [-0.2, 0) is 4.74 Å². The van der Waals surface area contributed by atoms with Gasteiger partial charge in [-0.2, -0.15) is 0 Å². The Hall–Kier alpha value is -2.05. The van der Waals surface area contributed by atoms with E-state index in [1.54, 1.807) is 11.8 Å². The lowest BCUT2D eigenvalue weighted by atomic mass is 9.96. The van der Waals surface area contributed by atoms with Crippen LogP contribution < -0.4 is 0 Å². The first-order valence-corrected chi connectivity index (χ1v) is 7.76. The minimum absolute atomic E-state index is 0.0845. The van der Waals surface area contributed by atoms with Crippen LogP contribution in [0.3, 0.4) is 0 Å². The van der Waals surface area contributed by atoms with Crippen molar-refractivity contribution in [3.8, 4) is 0 Å². The highest BCUT2D eigenvalue weighted by molar-refractivity contribution is 5.86. The third-order valence-corrected chi connectivity index (χ3v) is 4.38. The van der Waals surface area contributed by atoms with E-state index in [0.29, 0.717) is 37.1 Å². The molecule has 0 bridgehead atoms. The first-order valence-electron chi connectivity index (χ1n) is 7.76. The Kier molecular flexibility index (Phi) is 4.04. The zero-order valence-electron chi connectivity index (χ0n) is 12.7. The van der Waals surface area contributed by atoms with Crippen LogP contribution in [0.5, 0.6) is 0 Å². The van der Waals surface area contributed by atoms with Crippen molar-refractivity contribution in [1.82, 2.24) is 14.9 Å². The van der Waals surface area contributed by atoms with E-state index in [2.05, 4.69) is 9.97 Å². The molecular formula is C15H21N3O4. The maximum Gasteiger partial charge on any atom is 0.409 e. The predicted molar refractivity (Wildman–Crippen MR) is 77.9 cm³/mol. The van der Waals surface area contributed by atoms with Crippen molar-refractivity contribution in [3.05, 3.63) is 17.2 Å². The van der Waals surface area contributed by atoms with E-state index >= 15 is 0 Å². The van der Waals surface area contributed by atoms with Crippen molar-refractivity contribution in [3.63, 3.8) is 0 Å². The summed E-state index contributed by atoms with van der Waals surface area (Å²) in [5.74, 6) is 0.434. The number of carbonyl (C=O) groups is 2. The minimum atomic E-state index is -1.01. The second-order valence-electron chi connectivity index (χ2n) is 6.18. The molecule has 1 aliphatic heterocycles. The fraction of sp³-hybridized carbons (Fsp3) is 0.667. The number of nitrogens with zero attached hydrogens (tertiary/aromatic N) is 2. The van der Waals surface area contributed by atoms with Gasteiger partial charge in [-0.1, -0.05) is 0 Å². The summed E-state index contributed by atoms with van der Waals surface area (Å²) >= 11 is 0. The molecule has 1 saturated heterocycles. The zero-order valence-corrected chi connectivity index (χ0v) is 12.7. The molecule has 1 saturated carbocycles. The molecule has 120 valence electrons. The molecule has 2 heterocycles. The van der Waals surface area contributed by atoms with Gasteiger partial charge < -0.3 is 19.7 Å². The Labute approximate surface area is 128 Å². The molecule has 0 unspecified atom stereocenters. The summed E-state index contributed by atoms with van der Waals surface area (Å²) < 4.78 is 5.29. The molecule has 2 N–H and O–H groups in total. The number of hydrogen-bond acceptors (Lipinski definition) is 4. The highest BCUT2D eigenvalue weighted by Crippen LogP contribution is 2.30. The molecule has 1 amide bonds. The number of rotatable bonds is 4. The van der Waals surface area contributed by atoms with E-state index in [-0.39, 0.29) is 17.7 Å². The predicted octanol–water partition coefficient (Wildman–Crippen LogP) is 2.14. The van der Waals surface area contributed by atoms with Gasteiger partial charge >= 0.3 is 12.1 Å². The van der Waals surface area contributed by atoms with Gasteiger partial charge in [0.15, 0.2) is 5.69 Å². The van der Waals surface area contributed by atoms with Crippen LogP contribution in [0.15, 0.2) is 0 Å². The maximum atomic E-state index is 11.9. The summed E-state index contributed by atoms with van der Waals surface area (Å²) in [6.45, 7) is 3.50. The number of likely N-dealkylation sites (tertiary alicyclic amines) is 1. The average molecular weight is 307 g/mol. The Morgan fingerprint density at radius 2 is 2.00 bits per heavy atom. The van der Waals surface area contributed by atoms with Crippen molar-refractivity contribution < 1.29 is 19.4 Å². The monoisotopic (exact) mass is 307 g/mol. The van der Waals surface area contributed by atoms with Crippen LogP contribution in [0.25, 0.3) is 0 Å². The number of carbonyl (C=O) groups excluding carboxylic acids is 1. The van der Waals surface area contributed by atoms with Crippen molar-refractivity contribution in [2.45, 2.75) is 38.5 Å². The molecule has 0 atom stereocenters. The van der Waals surface area contributed by atoms with Crippen LogP contribution in [0, 0.1) is 12.8 Å². The van der Waals surface area contributed by atoms with E-state index in [4.69, 9.17) is 9.84 Å². The Morgan fingerprint density at radius 1 is 1.32 bits per heavy atom. The van der Waals surface area contributed by atoms with E-state index < -0.39 is 5.97 Å². The molecule has 0 radical (unpaired) electrons. The molecule has 2 fully saturated rings. The second-order valence-corrected chi connectivity index (χ2v) is 6.18. The van der Waals surface area contributed by atoms with Crippen molar-refractivity contribution >= 4 is 12.1 Å². The molecule has 0 spiro atoms. The van der Waals surface area contributed by atoms with Crippen LogP contribution in [-0.4, -0.2) is 51.7 Å². The number of aromatic amines is 1. The molecule has 1 aromatic rings. The number of aromatic carboxylic acids is 1. The zero-order chi connectivity index (χ0) is 15.7. The Morgan fingerprint density at radius 3 is 2.55 bits per heavy atom. The van der Waals surface area contributed by atoms with Gasteiger partial charge in [0.2, 0.25) is 0 Å². The molecule has 7 heteroatoms. The lowest BCUT2D eigenvalue weighted by Crippen LogP contribution is -2.38. The summed E-state index contributed by atoms with van der Waals surface area (Å²) in [5.41, 5.74) is 0.662. The molecule has 0 aromatic carbocycles. The summed E-state index contributed by atoms with van der Waals surface area (Å²) in [5, 5.41) is 9.05. The van der Waals surface area contributed by atoms with Gasteiger partial charge in [0.1, 0.15) is 5.82 Å². The smallest absolute Gasteiger partial charge is 0.409 e. The molecule has 1 aliphatic carbocycles. The molecule has 7 nitrogen and oxygen atoms in total. The Bertz CT molecular complexity index is 571. The maximum absolute atomic E-state index is 11.9. The summed E-state index contributed by atoms with van der Waals surface area (Å²) in [6.07, 6.45) is 3.64. The normalized spacial score (nSPS) is 19.2. The quantitative estimate of drug-likeness (QED) is 0.888. The highest BCUT2D eigenvalue weighted by Gasteiger charge is 2.29. The van der Waals surface area contributed by atoms with Gasteiger partial charge in [-0.3, -0.25) is 0 Å². The van der Waals surface area contributed by atoms with Crippen molar-refractivity contribution in [1.29, 1.82) is 0 Å². The number of imidazole rings is 1. The standard InChI is InChI=1S/C15H21N3O4/c1-9-12(14(19)20)17-13(16-9)11-4-6-18(7-5-11)15(21)22-8-10-2-3-10/h10-11H,2-8H2,1H3,(H,16,17)(H,19,20). The second kappa shape index (κ2) is 5.98. The molecule has 1 aromatic heterocycles. The number of nitrogens with one attached hydrogen (secondary N) is 1. The number of aromatic nitrogens is 2. The fourth-order valence-corrected chi connectivity index (χ4v) is 2.79. The number of amides is 1. The van der Waals surface area contributed by atoms with Gasteiger partial charge in [-0.25, -0.2) is 14.6 Å². The number of H-pyrrole nitrogens is 1. The summed E-state index contributed by atoms with van der Waals surface area (Å²) in [7, 11) is 0. The largest absolute Gasteiger partial charge is 0.476 e. The van der Waals surface area contributed by atoms with Gasteiger partial charge in [0, 0.05) is 24.7 Å². The van der Waals surface area contributed by atoms with Crippen LogP contribution >= 0.6 is 0 Å². The summed E-state index contributed by atoms with van der Waals surface area (Å²) in [4.78, 5) is 31.9. The molecule has 2 aliphatic rings. The van der Waals surface area contributed by atoms with Crippen molar-refractivity contribution in [2.24, 2.45) is 5.92 Å². The molecule has 3 rings (SSSR count). The van der Waals surface area contributed by atoms with Gasteiger partial charge in [0.05, 0.1) is 6.61 Å². The van der Waals surface area contributed by atoms with E-state index in [0.717, 1.165) is 12.8 Å². The number of piperidine rings is 1. The number of hydrogen-bond donors (Lipinski definition) is 2. The fourth-order valence-electron chi connectivity index (χ4n) is 2.79. The van der Waals surface area contributed by atoms with Crippen molar-refractivity contribution in [2.75, 3.05) is 19.7 Å². The third-order valence-electron chi connectivity index (χ3n) is 4.38. The van der Waals surface area contributed by atoms with Crippen LogP contribution in [0.4, 0.5) is 4.79 Å². The number of aryl methyl sites for hydroxylation is 1. The van der Waals surface area contributed by atoms with Gasteiger partial charge in [-0.15, -0.1) is 0 Å². The van der Waals surface area contributed by atoms with E-state index in [1.807, 2.05) is 0 Å². The molecular weight excluding hydrogens is 286 g/mol. The van der Waals surface area contributed by atoms with Crippen LogP contribution in [0.1, 0.15) is 53.6 Å². The third kappa shape index (κ3) is 3.23. The first kappa shape index (κ1) is 14.9. The minimum Gasteiger partial charge on any atom is -0.476 e. The van der Waals surface area contributed by atoms with E-state index in [9.17, 15) is 9.59 Å². The topological polar surface area (TPSA) is 95.5 Å². The number of carboxylic acid groups (broad SMARTS) is 1. The SMILES string of the molecule is Cc1[nH]c(C2CCN(C(=O)OCC3CC3)CC2)nc1C(=O)O. The number of ether oxygens (including phenoxy) is 1. The molecule has 22 heavy (non-hydrogen) atoms. The lowest BCUT2D eigenvalue weighted by molar-refractivity contribution is 0.0690. The summed E-state index contributed by atoms with van der Waals surface area (Å²) in [6, 6.07) is 0. The lowest BCUT2D eigenvalue weighted by Gasteiger charge is -2.30. The van der Waals surface area contributed by atoms with E-state index in [1.165, 1.54) is 12.8 Å². The van der Waals surface area contributed by atoms with Gasteiger partial charge in [0.25, 0.3) is 0 Å². The average Bonchev–Trinajstić information content (AvgIpc) is 3.25. The number of carboxylic acids is 1. The van der Waals surface area contributed by atoms with Crippen LogP contribution in [0.2, 0.25) is 0 Å². The van der Waals surface area contributed by atoms with Gasteiger partial charge in [-0.05, 0) is 38.5 Å². The first-order chi connectivity index (χ1) is 10.5. The highest BCUT2D eigenvalue weighted by atomic mass is 16.6. The Balaban J connectivity index is 1.53.